The van der Waals surface area contributed by atoms with Gasteiger partial charge in [-0.25, -0.2) is 0 Å². The van der Waals surface area contributed by atoms with Crippen LogP contribution in [-0.4, -0.2) is 79.4 Å². The van der Waals surface area contributed by atoms with Crippen LogP contribution in [0, 0.1) is 42.5 Å². The van der Waals surface area contributed by atoms with Gasteiger partial charge in [0.05, 0.1) is 11.4 Å². The first-order chi connectivity index (χ1) is 53.6. The van der Waals surface area contributed by atoms with Crippen LogP contribution in [0.15, 0.2) is 168 Å². The van der Waals surface area contributed by atoms with E-state index in [-0.39, 0.29) is 101 Å². The maximum absolute atomic E-state index is 11.5. The van der Waals surface area contributed by atoms with Crippen LogP contribution >= 0.6 is 0 Å². The Hall–Kier alpha value is -6.19. The molecule has 2 aromatic heterocycles. The van der Waals surface area contributed by atoms with Crippen molar-refractivity contribution in [3.8, 4) is 22.7 Å². The maximum Gasteiger partial charge on any atom is 3.00 e. The van der Waals surface area contributed by atoms with Crippen LogP contribution in [0.3, 0.4) is 0 Å². The van der Waals surface area contributed by atoms with E-state index in [0.29, 0.717) is 76.6 Å². The first-order valence-corrected chi connectivity index (χ1v) is 43.1. The average Bonchev–Trinajstić information content (AvgIpc) is 1.69. The molecule has 0 saturated carbocycles. The van der Waals surface area contributed by atoms with Gasteiger partial charge >= 0.3 is 52.4 Å². The maximum atomic E-state index is 11.5. The molecule has 2 heterocycles. The van der Waals surface area contributed by atoms with Gasteiger partial charge in [0.2, 0.25) is 5.62 Å². The van der Waals surface area contributed by atoms with Crippen molar-refractivity contribution in [2.45, 2.75) is 315 Å². The van der Waals surface area contributed by atoms with E-state index >= 15 is 0 Å². The number of hydrogen-bond donors (Lipinski definition) is 2. The molecule has 9 radical (unpaired) electrons. The van der Waals surface area contributed by atoms with Gasteiger partial charge in [0.1, 0.15) is 0 Å². The molecule has 4 N–H and O–H groups in total. The average molecular weight is 1790 g/mol. The molecule has 8 aromatic rings. The molecule has 18 heteroatoms. The summed E-state index contributed by atoms with van der Waals surface area (Å²) in [5.74, 6) is 4.94. The normalized spacial score (nSPS) is 12.9. The van der Waals surface area contributed by atoms with Gasteiger partial charge in [0.15, 0.2) is 0 Å². The van der Waals surface area contributed by atoms with E-state index in [1.807, 2.05) is 21.5 Å². The van der Waals surface area contributed by atoms with Crippen molar-refractivity contribution in [3.63, 3.8) is 0 Å². The van der Waals surface area contributed by atoms with E-state index in [9.17, 15) is 10.8 Å². The van der Waals surface area contributed by atoms with E-state index in [0.717, 1.165) is 74.4 Å². The molecule has 6 aromatic carbocycles. The van der Waals surface area contributed by atoms with Crippen LogP contribution in [0.5, 0.6) is 0 Å². The molecule has 11 nitrogen and oxygen atoms in total. The number of allylic oxidation sites excluding steroid dienone is 4. The molecule has 2 aliphatic rings. The Morgan fingerprint density at radius 1 is 0.380 bits per heavy atom. The number of imidazole rings is 2. The molecule has 0 spiro atoms. The summed E-state index contributed by atoms with van der Waals surface area (Å²) in [6.07, 6.45) is 23.7. The third kappa shape index (κ3) is 32.3. The zero-order chi connectivity index (χ0) is 83.7. The predicted molar refractivity (Wildman–Crippen MR) is 535 cm³/mol. The molecular formula is C103H157B5N11Zr2-2. The molecule has 0 unspecified atom stereocenters. The van der Waals surface area contributed by atoms with Crippen molar-refractivity contribution in [3.05, 3.63) is 289 Å². The summed E-state index contributed by atoms with van der Waals surface area (Å²) in [4.78, 5) is 9.71. The van der Waals surface area contributed by atoms with Crippen LogP contribution in [0.25, 0.3) is 38.8 Å². The minimum Gasteiger partial charge on any atom is -0.656 e. The number of hydrogen-bond acceptors (Lipinski definition) is 4. The van der Waals surface area contributed by atoms with E-state index in [4.69, 9.17) is 43.8 Å². The fraction of sp³-hybridized carbons (Fsp3) is 0.485. The van der Waals surface area contributed by atoms with Crippen molar-refractivity contribution < 1.29 is 52.4 Å². The second-order valence-electron chi connectivity index (χ2n) is 34.6. The van der Waals surface area contributed by atoms with Gasteiger partial charge in [0, 0.05) is 79.2 Å². The van der Waals surface area contributed by atoms with Gasteiger partial charge in [-0.3, -0.25) is 24.5 Å². The van der Waals surface area contributed by atoms with Crippen LogP contribution in [0.2, 0.25) is 0 Å². The summed E-state index contributed by atoms with van der Waals surface area (Å²) in [6, 6.07) is 39.4. The molecule has 0 saturated heterocycles. The molecule has 0 bridgehead atoms. The SMILES string of the molecule is CC(C)c1cccc(C(C)C)c1-n1ccn(-c2c(C(C)C)cccc2C(C)C)c1=N.CC(C)c1cccc(C(C)C)c1-n1ccn(-c2c(C(C)C)cccc2C(C)C)c1=[N-].CCCCN=C1CCCC=C1[N-]c1c(C(C)C)cccc1C(C)C.CCCCN=C1CCCC=C1[N-]c1c(C(C)C)cccc1C(C)C.N.[B][B]B([B])[B].[CH3-].[CH3-].[CH3-].[CH3-].[CH3-].[Zr+3].[Zr+3]. The predicted octanol–water partition coefficient (Wildman–Crippen LogP) is 29.5. The Labute approximate surface area is 785 Å². The molecule has 121 heavy (non-hydrogen) atoms. The number of para-hydroxylation sites is 6. The number of aromatic nitrogens is 4. The molecule has 0 fully saturated rings. The first kappa shape index (κ1) is 119. The first-order valence-electron chi connectivity index (χ1n) is 43.1. The summed E-state index contributed by atoms with van der Waals surface area (Å²) in [5, 5.41) is 31.0. The van der Waals surface area contributed by atoms with Crippen molar-refractivity contribution >= 4 is 59.5 Å². The smallest absolute Gasteiger partial charge is 0.656 e. The van der Waals surface area contributed by atoms with Crippen molar-refractivity contribution in [1.29, 1.82) is 5.41 Å². The number of rotatable bonds is 27. The van der Waals surface area contributed by atoms with Gasteiger partial charge in [0.25, 0.3) is 0 Å². The van der Waals surface area contributed by atoms with Crippen molar-refractivity contribution in [2.75, 3.05) is 13.1 Å². The summed E-state index contributed by atoms with van der Waals surface area (Å²) in [6.45, 7) is 59.9. The molecule has 649 valence electrons. The Morgan fingerprint density at radius 2 is 0.579 bits per heavy atom. The number of unbranched alkanes of at least 4 members (excludes halogenated alkanes) is 2. The van der Waals surface area contributed by atoms with Crippen LogP contribution < -0.4 is 17.4 Å². The Balaban J connectivity index is -0.00000148. The van der Waals surface area contributed by atoms with Crippen LogP contribution in [-0.2, 0) is 52.4 Å². The largest absolute Gasteiger partial charge is 3.00 e. The van der Waals surface area contributed by atoms with E-state index < -0.39 is 6.39 Å². The van der Waals surface area contributed by atoms with Gasteiger partial charge in [-0.1, -0.05) is 336 Å². The third-order valence-electron chi connectivity index (χ3n) is 21.5. The summed E-state index contributed by atoms with van der Waals surface area (Å²) in [5.41, 5.74) is 27.9. The van der Waals surface area contributed by atoms with E-state index in [1.54, 1.807) is 0 Å². The Morgan fingerprint density at radius 3 is 0.777 bits per heavy atom. The van der Waals surface area contributed by atoms with E-state index in [1.165, 1.54) is 134 Å². The Kier molecular flexibility index (Phi) is 57.2. The fourth-order valence-electron chi connectivity index (χ4n) is 15.0. The van der Waals surface area contributed by atoms with Gasteiger partial charge in [-0.05, 0) is 191 Å². The minimum atomic E-state index is -0.463. The van der Waals surface area contributed by atoms with E-state index in [2.05, 4.69) is 323 Å². The molecule has 0 aliphatic heterocycles. The standard InChI is InChI=1S/C27H37N3.C27H36N3.2C22H33N2.5CH3.B5.H3N.2Zr/c2*1-17(2)21-11-9-12-22(18(3)4)25(21)29-15-16-30(27(29)28)26-23(19(5)6)13-10-14-24(26)20(7)8;2*1-6-7-15-23-20-13-8-9-14-21(20)24-22-18(16(2)3)11-10-12-19(22)17(4)5;;;;;;1-4-5(2)3;;;/h9-20,28H,1-8H3;9-20H,1-8H3;2*10-12,14,16-17H,6-9,13,15H2,1-5H3;5*1H3;;1H3;;/q;8*-1;;;2*+3. The zero-order valence-electron chi connectivity index (χ0n) is 81.4. The van der Waals surface area contributed by atoms with Gasteiger partial charge in [-0.15, -0.1) is 22.8 Å². The summed E-state index contributed by atoms with van der Waals surface area (Å²) < 4.78 is 8.08. The number of nitrogens with one attached hydrogen (secondary N) is 1. The second kappa shape index (κ2) is 58.2. The minimum absolute atomic E-state index is 0. The molecule has 2 aliphatic carbocycles. The van der Waals surface area contributed by atoms with Gasteiger partial charge in [-0.2, -0.15) is 0 Å². The topological polar surface area (TPSA) is 154 Å². The van der Waals surface area contributed by atoms with Crippen molar-refractivity contribution in [2.24, 2.45) is 9.98 Å². The van der Waals surface area contributed by atoms with Crippen LogP contribution in [0.1, 0.15) is 382 Å². The number of benzene rings is 6. The van der Waals surface area contributed by atoms with Crippen molar-refractivity contribution in [1.82, 2.24) is 24.4 Å². The summed E-state index contributed by atoms with van der Waals surface area (Å²) >= 11 is 0. The Bertz CT molecular complexity index is 3970. The quantitative estimate of drug-likeness (QED) is 0.0294. The monoisotopic (exact) mass is 1780 g/mol. The van der Waals surface area contributed by atoms with Crippen LogP contribution in [0.4, 0.5) is 11.4 Å². The summed E-state index contributed by atoms with van der Waals surface area (Å²) in [7, 11) is 15.8. The zero-order valence-corrected chi connectivity index (χ0v) is 86.3. The fourth-order valence-corrected chi connectivity index (χ4v) is 15.0. The number of aliphatic imine (C=N–C) groups is 2. The third-order valence-corrected chi connectivity index (χ3v) is 21.5. The molecule has 10 rings (SSSR count). The molecule has 0 amide bonds. The molecular weight excluding hydrogens is 1630 g/mol. The molecule has 0 atom stereocenters. The second-order valence-corrected chi connectivity index (χ2v) is 34.6. The van der Waals surface area contributed by atoms with Gasteiger partial charge < -0.3 is 68.5 Å². The number of nitrogens with zero attached hydrogens (tertiary/aromatic N) is 9.